The number of carbonyl (C=O) groups excluding carboxylic acids is 1. The maximum Gasteiger partial charge on any atom is 0.416 e. The lowest BCUT2D eigenvalue weighted by molar-refractivity contribution is -0.384. The van der Waals surface area contributed by atoms with Crippen LogP contribution in [0.2, 0.25) is 0 Å². The van der Waals surface area contributed by atoms with E-state index >= 15 is 0 Å². The van der Waals surface area contributed by atoms with Crippen LogP contribution in [0.25, 0.3) is 17.4 Å². The third-order valence-corrected chi connectivity index (χ3v) is 5.06. The average Bonchev–Trinajstić information content (AvgIpc) is 3.38. The van der Waals surface area contributed by atoms with E-state index in [0.717, 1.165) is 17.1 Å². The van der Waals surface area contributed by atoms with Crippen LogP contribution in [0.1, 0.15) is 18.2 Å². The number of hydrazone groups is 1. The molecule has 2 heterocycles. The van der Waals surface area contributed by atoms with Gasteiger partial charge in [0, 0.05) is 0 Å². The molecule has 0 saturated carbocycles. The van der Waals surface area contributed by atoms with Crippen molar-refractivity contribution >= 4 is 29.1 Å². The monoisotopic (exact) mass is 471 g/mol. The van der Waals surface area contributed by atoms with Gasteiger partial charge in [-0.3, -0.25) is 14.9 Å². The predicted molar refractivity (Wildman–Crippen MR) is 117 cm³/mol. The van der Waals surface area contributed by atoms with Crippen LogP contribution < -0.4 is 9.75 Å². The second kappa shape index (κ2) is 8.50. The molecule has 0 atom stereocenters. The van der Waals surface area contributed by atoms with Gasteiger partial charge in [-0.15, -0.1) is 0 Å². The van der Waals surface area contributed by atoms with Gasteiger partial charge in [-0.05, 0) is 55.5 Å². The number of anilines is 1. The summed E-state index contributed by atoms with van der Waals surface area (Å²) < 4.78 is 49.9. The van der Waals surface area contributed by atoms with Crippen molar-refractivity contribution in [1.29, 1.82) is 0 Å². The smallest absolute Gasteiger partial charge is 0.416 e. The molecule has 8 nitrogen and oxygen atoms in total. The largest absolute Gasteiger partial charge is 0.497 e. The van der Waals surface area contributed by atoms with Crippen molar-refractivity contribution < 1.29 is 32.0 Å². The van der Waals surface area contributed by atoms with Gasteiger partial charge in [-0.25, -0.2) is 0 Å². The molecule has 2 aromatic carbocycles. The number of nitro groups is 1. The van der Waals surface area contributed by atoms with Crippen LogP contribution in [0.5, 0.6) is 5.75 Å². The summed E-state index contributed by atoms with van der Waals surface area (Å²) in [6, 6.07) is 11.6. The standard InChI is InChI=1S/C23H16F3N3O5/c1-13-19(22(30)28(27-13)15-5-3-4-14(10-15)23(24,25)26)11-17-7-9-21(34-17)18-8-6-16(33-2)12-20(18)29(31)32/h3-12H,1-2H3. The fraction of sp³-hybridized carbons (Fsp3) is 0.130. The molecule has 1 amide bonds. The number of amides is 1. The molecule has 3 aromatic rings. The molecule has 1 aliphatic heterocycles. The number of ether oxygens (including phenoxy) is 1. The van der Waals surface area contributed by atoms with Crippen LogP contribution in [0.3, 0.4) is 0 Å². The zero-order chi connectivity index (χ0) is 24.6. The number of rotatable bonds is 5. The van der Waals surface area contributed by atoms with Gasteiger partial charge in [0.05, 0.1) is 46.2 Å². The number of hydrogen-bond acceptors (Lipinski definition) is 6. The molecule has 174 valence electrons. The third-order valence-electron chi connectivity index (χ3n) is 5.06. The molecule has 11 heteroatoms. The van der Waals surface area contributed by atoms with E-state index in [4.69, 9.17) is 9.15 Å². The van der Waals surface area contributed by atoms with Gasteiger partial charge in [-0.2, -0.15) is 23.3 Å². The van der Waals surface area contributed by atoms with Crippen molar-refractivity contribution in [2.75, 3.05) is 12.1 Å². The van der Waals surface area contributed by atoms with Gasteiger partial charge in [-0.1, -0.05) is 6.07 Å². The summed E-state index contributed by atoms with van der Waals surface area (Å²) in [5.74, 6) is 0.0764. The maximum atomic E-state index is 13.0. The first-order valence-corrected chi connectivity index (χ1v) is 9.80. The minimum absolute atomic E-state index is 0.0310. The molecule has 4 rings (SSSR count). The molecule has 0 aliphatic carbocycles. The lowest BCUT2D eigenvalue weighted by Gasteiger charge is -2.14. The van der Waals surface area contributed by atoms with E-state index < -0.39 is 22.6 Å². The molecule has 34 heavy (non-hydrogen) atoms. The Hall–Kier alpha value is -4.41. The Bertz CT molecular complexity index is 1360. The minimum Gasteiger partial charge on any atom is -0.497 e. The zero-order valence-electron chi connectivity index (χ0n) is 17.8. The summed E-state index contributed by atoms with van der Waals surface area (Å²) in [5, 5.41) is 16.4. The summed E-state index contributed by atoms with van der Waals surface area (Å²) in [6.45, 7) is 1.54. The highest BCUT2D eigenvalue weighted by atomic mass is 19.4. The third kappa shape index (κ3) is 4.27. The van der Waals surface area contributed by atoms with E-state index in [1.807, 2.05) is 0 Å². The predicted octanol–water partition coefficient (Wildman–Crippen LogP) is 5.69. The number of hydrogen-bond donors (Lipinski definition) is 0. The molecule has 0 saturated heterocycles. The highest BCUT2D eigenvalue weighted by Crippen LogP contribution is 2.36. The van der Waals surface area contributed by atoms with Gasteiger partial charge in [0.15, 0.2) is 0 Å². The average molecular weight is 471 g/mol. The first kappa shape index (κ1) is 22.8. The summed E-state index contributed by atoms with van der Waals surface area (Å²) in [5.41, 5.74) is -0.558. The second-order valence-corrected chi connectivity index (χ2v) is 7.25. The fourth-order valence-corrected chi connectivity index (χ4v) is 3.39. The lowest BCUT2D eigenvalue weighted by Crippen LogP contribution is -2.21. The van der Waals surface area contributed by atoms with Gasteiger partial charge >= 0.3 is 6.18 Å². The summed E-state index contributed by atoms with van der Waals surface area (Å²) in [4.78, 5) is 23.8. The SMILES string of the molecule is COc1ccc(-c2ccc(C=C3C(=O)N(c4cccc(C(F)(F)F)c4)N=C3C)o2)c([N+](=O)[O-])c1. The normalized spacial score (nSPS) is 15.1. The number of nitrogens with zero attached hydrogens (tertiary/aromatic N) is 3. The molecule has 0 N–H and O–H groups in total. The van der Waals surface area contributed by atoms with Crippen molar-refractivity contribution in [3.8, 4) is 17.1 Å². The number of alkyl halides is 3. The van der Waals surface area contributed by atoms with Crippen molar-refractivity contribution in [3.05, 3.63) is 81.6 Å². The molecule has 1 aliphatic rings. The molecule has 0 spiro atoms. The number of carbonyl (C=O) groups is 1. The molecule has 0 radical (unpaired) electrons. The first-order valence-electron chi connectivity index (χ1n) is 9.80. The molecular weight excluding hydrogens is 455 g/mol. The molecular formula is C23H16F3N3O5. The van der Waals surface area contributed by atoms with E-state index in [1.165, 1.54) is 56.5 Å². The van der Waals surface area contributed by atoms with Crippen molar-refractivity contribution in [2.24, 2.45) is 5.10 Å². The van der Waals surface area contributed by atoms with Crippen molar-refractivity contribution in [2.45, 2.75) is 13.1 Å². The molecule has 1 aromatic heterocycles. The Morgan fingerprint density at radius 2 is 1.91 bits per heavy atom. The summed E-state index contributed by atoms with van der Waals surface area (Å²) in [7, 11) is 1.39. The van der Waals surface area contributed by atoms with E-state index in [9.17, 15) is 28.1 Å². The number of nitro benzene ring substituents is 1. The second-order valence-electron chi connectivity index (χ2n) is 7.25. The van der Waals surface area contributed by atoms with Crippen molar-refractivity contribution in [3.63, 3.8) is 0 Å². The molecule has 0 fully saturated rings. The first-order chi connectivity index (χ1) is 16.1. The van der Waals surface area contributed by atoms with Crippen LogP contribution in [0, 0.1) is 10.1 Å². The summed E-state index contributed by atoms with van der Waals surface area (Å²) >= 11 is 0. The summed E-state index contributed by atoms with van der Waals surface area (Å²) in [6.07, 6.45) is -3.18. The van der Waals surface area contributed by atoms with E-state index in [1.54, 1.807) is 6.07 Å². The quantitative estimate of drug-likeness (QED) is 0.271. The van der Waals surface area contributed by atoms with E-state index in [0.29, 0.717) is 5.75 Å². The van der Waals surface area contributed by atoms with Gasteiger partial charge in [0.2, 0.25) is 0 Å². The zero-order valence-corrected chi connectivity index (χ0v) is 17.8. The highest BCUT2D eigenvalue weighted by molar-refractivity contribution is 6.32. The topological polar surface area (TPSA) is 98.2 Å². The Labute approximate surface area is 190 Å². The Morgan fingerprint density at radius 3 is 2.59 bits per heavy atom. The molecule has 0 unspecified atom stereocenters. The maximum absolute atomic E-state index is 13.0. The fourth-order valence-electron chi connectivity index (χ4n) is 3.39. The van der Waals surface area contributed by atoms with E-state index in [2.05, 4.69) is 5.10 Å². The van der Waals surface area contributed by atoms with Crippen molar-refractivity contribution in [1.82, 2.24) is 0 Å². The Morgan fingerprint density at radius 1 is 1.15 bits per heavy atom. The van der Waals surface area contributed by atoms with Crippen LogP contribution in [0.4, 0.5) is 24.5 Å². The number of furan rings is 1. The van der Waals surface area contributed by atoms with Crippen LogP contribution in [-0.4, -0.2) is 23.7 Å². The number of halogens is 3. The molecule has 0 bridgehead atoms. The van der Waals surface area contributed by atoms with Crippen LogP contribution in [-0.2, 0) is 11.0 Å². The number of benzene rings is 2. The number of methoxy groups -OCH3 is 1. The van der Waals surface area contributed by atoms with Crippen LogP contribution in [0.15, 0.2) is 69.7 Å². The van der Waals surface area contributed by atoms with Gasteiger partial charge < -0.3 is 9.15 Å². The highest BCUT2D eigenvalue weighted by Gasteiger charge is 2.33. The minimum atomic E-state index is -4.56. The van der Waals surface area contributed by atoms with Gasteiger partial charge in [0.1, 0.15) is 17.3 Å². The van der Waals surface area contributed by atoms with Crippen LogP contribution >= 0.6 is 0 Å². The lowest BCUT2D eigenvalue weighted by atomic mass is 10.1. The Kier molecular flexibility index (Phi) is 5.70. The van der Waals surface area contributed by atoms with Gasteiger partial charge in [0.25, 0.3) is 11.6 Å². The Balaban J connectivity index is 1.64. The van der Waals surface area contributed by atoms with E-state index in [-0.39, 0.29) is 39.7 Å².